The zero-order valence-corrected chi connectivity index (χ0v) is 12.1. The van der Waals surface area contributed by atoms with Gasteiger partial charge < -0.3 is 9.73 Å². The van der Waals surface area contributed by atoms with E-state index in [0.29, 0.717) is 28.1 Å². The molecule has 2 heterocycles. The Labute approximate surface area is 131 Å². The molecule has 0 unspecified atom stereocenters. The van der Waals surface area contributed by atoms with E-state index < -0.39 is 0 Å². The molecule has 7 heteroatoms. The molecule has 1 aromatic carbocycles. The summed E-state index contributed by atoms with van der Waals surface area (Å²) in [5.74, 6) is 0.298. The highest BCUT2D eigenvalue weighted by molar-refractivity contribution is 6.33. The molecule has 0 fully saturated rings. The van der Waals surface area contributed by atoms with Gasteiger partial charge in [0.1, 0.15) is 5.69 Å². The Morgan fingerprint density at radius 2 is 1.95 bits per heavy atom. The fourth-order valence-corrected chi connectivity index (χ4v) is 2.04. The molecule has 0 atom stereocenters. The predicted octanol–water partition coefficient (Wildman–Crippen LogP) is 2.72. The molecule has 0 radical (unpaired) electrons. The number of hydrogen-bond acceptors (Lipinski definition) is 5. The number of halogens is 1. The standard InChI is InChI=1S/C15H11ClN4O2/c16-11-6-2-1-5-10(11)14(21)18-9-13-19-20-15(22-13)12-7-3-4-8-17-12/h1-8H,9H2,(H,18,21). The van der Waals surface area contributed by atoms with Crippen LogP contribution < -0.4 is 5.32 Å². The van der Waals surface area contributed by atoms with Gasteiger partial charge in [-0.1, -0.05) is 29.8 Å². The third-order valence-corrected chi connectivity index (χ3v) is 3.20. The molecule has 3 rings (SSSR count). The Bertz CT molecular complexity index is 789. The van der Waals surface area contributed by atoms with E-state index in [4.69, 9.17) is 16.0 Å². The van der Waals surface area contributed by atoms with Crippen LogP contribution in [0.2, 0.25) is 5.02 Å². The molecule has 0 aliphatic rings. The number of pyridine rings is 1. The Hall–Kier alpha value is -2.73. The lowest BCUT2D eigenvalue weighted by atomic mass is 10.2. The summed E-state index contributed by atoms with van der Waals surface area (Å²) in [5, 5.41) is 10.8. The monoisotopic (exact) mass is 314 g/mol. The summed E-state index contributed by atoms with van der Waals surface area (Å²) in [6.07, 6.45) is 1.64. The van der Waals surface area contributed by atoms with Crippen LogP contribution in [0.1, 0.15) is 16.2 Å². The molecule has 0 bridgehead atoms. The van der Waals surface area contributed by atoms with Crippen LogP contribution in [0, 0.1) is 0 Å². The van der Waals surface area contributed by atoms with Crippen LogP contribution in [0.5, 0.6) is 0 Å². The Kier molecular flexibility index (Phi) is 4.11. The summed E-state index contributed by atoms with van der Waals surface area (Å²) in [6.45, 7) is 0.115. The number of benzene rings is 1. The Morgan fingerprint density at radius 1 is 1.14 bits per heavy atom. The van der Waals surface area contributed by atoms with Crippen molar-refractivity contribution in [1.82, 2.24) is 20.5 Å². The largest absolute Gasteiger partial charge is 0.417 e. The maximum Gasteiger partial charge on any atom is 0.266 e. The van der Waals surface area contributed by atoms with E-state index in [-0.39, 0.29) is 12.5 Å². The minimum atomic E-state index is -0.303. The van der Waals surface area contributed by atoms with E-state index >= 15 is 0 Å². The molecule has 6 nitrogen and oxygen atoms in total. The molecule has 0 aliphatic carbocycles. The number of hydrogen-bond donors (Lipinski definition) is 1. The van der Waals surface area contributed by atoms with E-state index in [1.165, 1.54) is 0 Å². The molecular formula is C15H11ClN4O2. The smallest absolute Gasteiger partial charge is 0.266 e. The average Bonchev–Trinajstić information content (AvgIpc) is 3.03. The summed E-state index contributed by atoms with van der Waals surface area (Å²) in [7, 11) is 0. The quantitative estimate of drug-likeness (QED) is 0.800. The van der Waals surface area contributed by atoms with Gasteiger partial charge in [0.25, 0.3) is 11.8 Å². The molecule has 0 saturated carbocycles. The van der Waals surface area contributed by atoms with Gasteiger partial charge in [0.05, 0.1) is 17.1 Å². The summed E-state index contributed by atoms with van der Waals surface area (Å²) >= 11 is 5.96. The van der Waals surface area contributed by atoms with Gasteiger partial charge in [0, 0.05) is 6.20 Å². The number of rotatable bonds is 4. The van der Waals surface area contributed by atoms with Crippen LogP contribution in [0.25, 0.3) is 11.6 Å². The average molecular weight is 315 g/mol. The summed E-state index contributed by atoms with van der Waals surface area (Å²) in [6, 6.07) is 12.2. The van der Waals surface area contributed by atoms with Crippen molar-refractivity contribution in [2.45, 2.75) is 6.54 Å². The predicted molar refractivity (Wildman–Crippen MR) is 80.2 cm³/mol. The van der Waals surface area contributed by atoms with Crippen LogP contribution in [0.15, 0.2) is 53.1 Å². The topological polar surface area (TPSA) is 80.9 Å². The summed E-state index contributed by atoms with van der Waals surface area (Å²) in [5.41, 5.74) is 0.979. The molecule has 1 amide bonds. The molecule has 22 heavy (non-hydrogen) atoms. The molecule has 1 N–H and O–H groups in total. The van der Waals surface area contributed by atoms with Crippen molar-refractivity contribution in [3.05, 3.63) is 65.1 Å². The Balaban J connectivity index is 1.67. The molecule has 110 valence electrons. The molecular weight excluding hydrogens is 304 g/mol. The third kappa shape index (κ3) is 3.12. The highest BCUT2D eigenvalue weighted by Crippen LogP contribution is 2.16. The number of carbonyl (C=O) groups is 1. The van der Waals surface area contributed by atoms with Crippen LogP contribution >= 0.6 is 11.6 Å². The minimum absolute atomic E-state index is 0.115. The second-order valence-corrected chi connectivity index (χ2v) is 4.79. The molecule has 3 aromatic rings. The molecule has 0 aliphatic heterocycles. The van der Waals surface area contributed by atoms with E-state index in [0.717, 1.165) is 0 Å². The molecule has 0 saturated heterocycles. The van der Waals surface area contributed by atoms with E-state index in [2.05, 4.69) is 20.5 Å². The van der Waals surface area contributed by atoms with Crippen molar-refractivity contribution in [1.29, 1.82) is 0 Å². The van der Waals surface area contributed by atoms with Gasteiger partial charge in [0.2, 0.25) is 5.89 Å². The second kappa shape index (κ2) is 6.36. The third-order valence-electron chi connectivity index (χ3n) is 2.87. The van der Waals surface area contributed by atoms with Gasteiger partial charge in [-0.3, -0.25) is 9.78 Å². The van der Waals surface area contributed by atoms with Crippen LogP contribution in [-0.2, 0) is 6.54 Å². The van der Waals surface area contributed by atoms with Crippen molar-refractivity contribution < 1.29 is 9.21 Å². The van der Waals surface area contributed by atoms with Gasteiger partial charge >= 0.3 is 0 Å². The fourth-order valence-electron chi connectivity index (χ4n) is 1.81. The number of nitrogens with zero attached hydrogens (tertiary/aromatic N) is 3. The summed E-state index contributed by atoms with van der Waals surface area (Å²) < 4.78 is 5.45. The van der Waals surface area contributed by atoms with Crippen LogP contribution in [0.4, 0.5) is 0 Å². The fraction of sp³-hybridized carbons (Fsp3) is 0.0667. The first-order chi connectivity index (χ1) is 10.7. The lowest BCUT2D eigenvalue weighted by Crippen LogP contribution is -2.23. The van der Waals surface area contributed by atoms with E-state index in [1.54, 1.807) is 42.6 Å². The summed E-state index contributed by atoms with van der Waals surface area (Å²) in [4.78, 5) is 16.1. The first-order valence-electron chi connectivity index (χ1n) is 6.50. The van der Waals surface area contributed by atoms with Crippen molar-refractivity contribution in [3.63, 3.8) is 0 Å². The number of carbonyl (C=O) groups excluding carboxylic acids is 1. The Morgan fingerprint density at radius 3 is 2.73 bits per heavy atom. The maximum absolute atomic E-state index is 12.0. The normalized spacial score (nSPS) is 10.4. The van der Waals surface area contributed by atoms with Gasteiger partial charge in [0.15, 0.2) is 0 Å². The maximum atomic E-state index is 12.0. The SMILES string of the molecule is O=C(NCc1nnc(-c2ccccn2)o1)c1ccccc1Cl. The van der Waals surface area contributed by atoms with E-state index in [9.17, 15) is 4.79 Å². The van der Waals surface area contributed by atoms with Crippen molar-refractivity contribution >= 4 is 17.5 Å². The highest BCUT2D eigenvalue weighted by atomic mass is 35.5. The van der Waals surface area contributed by atoms with Gasteiger partial charge in [-0.05, 0) is 24.3 Å². The highest BCUT2D eigenvalue weighted by Gasteiger charge is 2.12. The minimum Gasteiger partial charge on any atom is -0.417 e. The number of nitrogens with one attached hydrogen (secondary N) is 1. The van der Waals surface area contributed by atoms with E-state index in [1.807, 2.05) is 6.07 Å². The van der Waals surface area contributed by atoms with Crippen molar-refractivity contribution in [3.8, 4) is 11.6 Å². The van der Waals surface area contributed by atoms with Gasteiger partial charge in [-0.25, -0.2) is 0 Å². The zero-order valence-electron chi connectivity index (χ0n) is 11.4. The van der Waals surface area contributed by atoms with Gasteiger partial charge in [-0.2, -0.15) is 0 Å². The van der Waals surface area contributed by atoms with Crippen LogP contribution in [0.3, 0.4) is 0 Å². The molecule has 2 aromatic heterocycles. The van der Waals surface area contributed by atoms with Crippen molar-refractivity contribution in [2.24, 2.45) is 0 Å². The second-order valence-electron chi connectivity index (χ2n) is 4.38. The van der Waals surface area contributed by atoms with Crippen molar-refractivity contribution in [2.75, 3.05) is 0 Å². The number of aromatic nitrogens is 3. The van der Waals surface area contributed by atoms with Gasteiger partial charge in [-0.15, -0.1) is 10.2 Å². The lowest BCUT2D eigenvalue weighted by molar-refractivity contribution is 0.0947. The number of amides is 1. The zero-order chi connectivity index (χ0) is 15.4. The first-order valence-corrected chi connectivity index (χ1v) is 6.88. The first kappa shape index (κ1) is 14.2. The van der Waals surface area contributed by atoms with Crippen LogP contribution in [-0.4, -0.2) is 21.1 Å². The lowest BCUT2D eigenvalue weighted by Gasteiger charge is -2.03. The molecule has 0 spiro atoms.